The number of rotatable bonds is 2. The van der Waals surface area contributed by atoms with Crippen molar-refractivity contribution < 1.29 is 4.74 Å². The molecule has 1 aliphatic carbocycles. The van der Waals surface area contributed by atoms with E-state index in [1.807, 2.05) is 0 Å². The maximum atomic E-state index is 11.0. The van der Waals surface area contributed by atoms with Crippen LogP contribution in [-0.2, 0) is 10.3 Å². The van der Waals surface area contributed by atoms with E-state index in [9.17, 15) is 4.79 Å². The summed E-state index contributed by atoms with van der Waals surface area (Å²) in [5.41, 5.74) is -0.656. The summed E-state index contributed by atoms with van der Waals surface area (Å²) in [4.78, 5) is 13.8. The molecule has 1 heterocycles. The van der Waals surface area contributed by atoms with Gasteiger partial charge in [0.15, 0.2) is 5.82 Å². The molecule has 1 fully saturated rings. The minimum atomic E-state index is -0.392. The first-order chi connectivity index (χ1) is 7.16. The summed E-state index contributed by atoms with van der Waals surface area (Å²) in [6.07, 6.45) is 4.18. The lowest BCUT2D eigenvalue weighted by atomic mass is 9.78. The largest absolute Gasteiger partial charge is 0.370 e. The Balaban J connectivity index is 2.31. The number of hydrogen-bond donors (Lipinski definition) is 2. The van der Waals surface area contributed by atoms with Gasteiger partial charge in [0.25, 0.3) is 0 Å². The van der Waals surface area contributed by atoms with E-state index in [4.69, 9.17) is 4.74 Å². The van der Waals surface area contributed by atoms with Crippen LogP contribution in [-0.4, -0.2) is 22.3 Å². The summed E-state index contributed by atoms with van der Waals surface area (Å²) in [6, 6.07) is 0. The van der Waals surface area contributed by atoms with Gasteiger partial charge in [0, 0.05) is 7.11 Å². The van der Waals surface area contributed by atoms with E-state index in [1.54, 1.807) is 7.11 Å². The number of nitrogens with one attached hydrogen (secondary N) is 2. The van der Waals surface area contributed by atoms with E-state index in [1.165, 1.54) is 6.42 Å². The number of nitrogens with zero attached hydrogens (tertiary/aromatic N) is 1. The first-order valence-electron chi connectivity index (χ1n) is 5.36. The van der Waals surface area contributed by atoms with Crippen LogP contribution in [0.5, 0.6) is 0 Å². The molecule has 5 nitrogen and oxygen atoms in total. The van der Waals surface area contributed by atoms with Gasteiger partial charge in [-0.2, -0.15) is 5.10 Å². The van der Waals surface area contributed by atoms with Crippen molar-refractivity contribution >= 4 is 0 Å². The van der Waals surface area contributed by atoms with E-state index in [0.717, 1.165) is 19.3 Å². The Hall–Kier alpha value is -1.10. The molecule has 0 aliphatic heterocycles. The summed E-state index contributed by atoms with van der Waals surface area (Å²) in [6.45, 7) is 2.21. The van der Waals surface area contributed by atoms with Crippen molar-refractivity contribution in [2.24, 2.45) is 5.92 Å². The average molecular weight is 211 g/mol. The lowest BCUT2D eigenvalue weighted by molar-refractivity contribution is -0.0644. The van der Waals surface area contributed by atoms with Crippen molar-refractivity contribution in [1.29, 1.82) is 0 Å². The van der Waals surface area contributed by atoms with E-state index < -0.39 is 5.60 Å². The molecule has 1 aliphatic rings. The van der Waals surface area contributed by atoms with Crippen molar-refractivity contribution in [1.82, 2.24) is 15.2 Å². The molecule has 84 valence electrons. The van der Waals surface area contributed by atoms with Crippen LogP contribution in [0.4, 0.5) is 0 Å². The molecule has 2 rings (SSSR count). The van der Waals surface area contributed by atoms with Crippen LogP contribution in [0.3, 0.4) is 0 Å². The average Bonchev–Trinajstić information content (AvgIpc) is 2.65. The molecule has 5 heteroatoms. The Morgan fingerprint density at radius 3 is 2.93 bits per heavy atom. The van der Waals surface area contributed by atoms with Gasteiger partial charge < -0.3 is 4.74 Å². The Morgan fingerprint density at radius 1 is 1.60 bits per heavy atom. The van der Waals surface area contributed by atoms with Crippen molar-refractivity contribution in [2.75, 3.05) is 7.11 Å². The molecule has 0 aromatic carbocycles. The van der Waals surface area contributed by atoms with Crippen LogP contribution in [0.15, 0.2) is 4.79 Å². The highest BCUT2D eigenvalue weighted by Gasteiger charge is 2.39. The van der Waals surface area contributed by atoms with Crippen molar-refractivity contribution in [3.8, 4) is 0 Å². The molecule has 0 spiro atoms. The van der Waals surface area contributed by atoms with Crippen LogP contribution in [0.2, 0.25) is 0 Å². The fourth-order valence-corrected chi connectivity index (χ4v) is 2.49. The van der Waals surface area contributed by atoms with Gasteiger partial charge >= 0.3 is 5.69 Å². The van der Waals surface area contributed by atoms with Crippen LogP contribution in [0, 0.1) is 5.92 Å². The van der Waals surface area contributed by atoms with Crippen LogP contribution in [0.25, 0.3) is 0 Å². The number of methoxy groups -OCH3 is 1. The summed E-state index contributed by atoms with van der Waals surface area (Å²) < 4.78 is 5.60. The van der Waals surface area contributed by atoms with Crippen molar-refractivity contribution in [3.05, 3.63) is 16.3 Å². The quantitative estimate of drug-likeness (QED) is 0.770. The van der Waals surface area contributed by atoms with E-state index in [0.29, 0.717) is 11.7 Å². The van der Waals surface area contributed by atoms with Crippen molar-refractivity contribution in [2.45, 2.75) is 38.2 Å². The zero-order valence-corrected chi connectivity index (χ0v) is 9.17. The van der Waals surface area contributed by atoms with Gasteiger partial charge in [-0.3, -0.25) is 4.98 Å². The van der Waals surface area contributed by atoms with Crippen molar-refractivity contribution in [3.63, 3.8) is 0 Å². The molecule has 0 amide bonds. The van der Waals surface area contributed by atoms with Gasteiger partial charge in [-0.25, -0.2) is 9.89 Å². The normalized spacial score (nSPS) is 31.7. The maximum absolute atomic E-state index is 11.0. The first kappa shape index (κ1) is 10.4. The summed E-state index contributed by atoms with van der Waals surface area (Å²) in [7, 11) is 1.69. The minimum absolute atomic E-state index is 0.264. The Kier molecular flexibility index (Phi) is 2.65. The molecule has 0 saturated heterocycles. The van der Waals surface area contributed by atoms with E-state index in [-0.39, 0.29) is 5.69 Å². The third-order valence-corrected chi connectivity index (χ3v) is 3.28. The Labute approximate surface area is 88.2 Å². The maximum Gasteiger partial charge on any atom is 0.340 e. The number of aromatic amines is 2. The third-order valence-electron chi connectivity index (χ3n) is 3.28. The topological polar surface area (TPSA) is 70.8 Å². The van der Waals surface area contributed by atoms with E-state index in [2.05, 4.69) is 22.1 Å². The lowest BCUT2D eigenvalue weighted by Gasteiger charge is -2.36. The number of H-pyrrole nitrogens is 2. The number of aromatic nitrogens is 3. The van der Waals surface area contributed by atoms with Crippen LogP contribution in [0.1, 0.15) is 38.4 Å². The smallest absolute Gasteiger partial charge is 0.340 e. The molecule has 2 atom stereocenters. The van der Waals surface area contributed by atoms with Gasteiger partial charge in [0.05, 0.1) is 0 Å². The molecular formula is C10H17N3O2. The summed E-state index contributed by atoms with van der Waals surface area (Å²) >= 11 is 0. The molecule has 1 aromatic heterocycles. The van der Waals surface area contributed by atoms with Gasteiger partial charge in [-0.05, 0) is 25.2 Å². The molecule has 2 N–H and O–H groups in total. The molecule has 0 radical (unpaired) electrons. The molecule has 15 heavy (non-hydrogen) atoms. The second-order valence-electron chi connectivity index (χ2n) is 4.43. The predicted octanol–water partition coefficient (Wildman–Crippen LogP) is 1.15. The zero-order chi connectivity index (χ0) is 10.9. The third kappa shape index (κ3) is 1.84. The van der Waals surface area contributed by atoms with Gasteiger partial charge in [-0.1, -0.05) is 13.3 Å². The minimum Gasteiger partial charge on any atom is -0.370 e. The first-order valence-corrected chi connectivity index (χ1v) is 5.36. The fraction of sp³-hybridized carbons (Fsp3) is 0.800. The van der Waals surface area contributed by atoms with Gasteiger partial charge in [-0.15, -0.1) is 0 Å². The van der Waals surface area contributed by atoms with Crippen LogP contribution >= 0.6 is 0 Å². The van der Waals surface area contributed by atoms with Crippen LogP contribution < -0.4 is 5.69 Å². The summed E-state index contributed by atoms with van der Waals surface area (Å²) in [5, 5.41) is 6.40. The monoisotopic (exact) mass is 211 g/mol. The highest BCUT2D eigenvalue weighted by atomic mass is 16.5. The highest BCUT2D eigenvalue weighted by Crippen LogP contribution is 2.40. The fourth-order valence-electron chi connectivity index (χ4n) is 2.49. The zero-order valence-electron chi connectivity index (χ0n) is 9.17. The molecule has 1 aromatic rings. The van der Waals surface area contributed by atoms with Gasteiger partial charge in [0.2, 0.25) is 0 Å². The number of ether oxygens (including phenoxy) is 1. The number of hydrogen-bond acceptors (Lipinski definition) is 3. The second kappa shape index (κ2) is 3.81. The molecule has 2 unspecified atom stereocenters. The van der Waals surface area contributed by atoms with Gasteiger partial charge in [0.1, 0.15) is 5.60 Å². The lowest BCUT2D eigenvalue weighted by Crippen LogP contribution is -2.35. The molecule has 1 saturated carbocycles. The Bertz CT molecular complexity index is 384. The highest BCUT2D eigenvalue weighted by molar-refractivity contribution is 5.02. The standard InChI is InChI=1S/C10H17N3O2/c1-7-4-3-5-10(6-7,15-2)8-11-9(14)13-12-8/h7H,3-6H2,1-2H3,(H2,11,12,13,14). The Morgan fingerprint density at radius 2 is 2.40 bits per heavy atom. The molecular weight excluding hydrogens is 194 g/mol. The predicted molar refractivity (Wildman–Crippen MR) is 55.5 cm³/mol. The van der Waals surface area contributed by atoms with E-state index >= 15 is 0 Å². The molecule has 0 bridgehead atoms. The summed E-state index contributed by atoms with van der Waals surface area (Å²) in [5.74, 6) is 1.25. The second-order valence-corrected chi connectivity index (χ2v) is 4.43. The SMILES string of the molecule is COC1(c2n[nH]c(=O)[nH]2)CCCC(C)C1.